The molecule has 0 radical (unpaired) electrons. The van der Waals surface area contributed by atoms with Gasteiger partial charge < -0.3 is 10.6 Å². The number of halogens is 1. The second kappa shape index (κ2) is 14.0. The minimum Gasteiger partial charge on any atom is -0.354 e. The van der Waals surface area contributed by atoms with Gasteiger partial charge in [0, 0.05) is 30.3 Å². The molecule has 0 aliphatic heterocycles. The molecule has 0 aliphatic carbocycles. The molecule has 1 aromatic carbocycles. The van der Waals surface area contributed by atoms with E-state index in [9.17, 15) is 14.0 Å². The number of nitrogens with zero attached hydrogens (tertiary/aromatic N) is 2. The molecule has 2 rings (SSSR count). The molecule has 2 N–H and O–H groups in total. The maximum Gasteiger partial charge on any atom is 0.269 e. The van der Waals surface area contributed by atoms with Crippen LogP contribution >= 0.6 is 0 Å². The number of hydrogen-bond acceptors (Lipinski definition) is 5. The third-order valence-electron chi connectivity index (χ3n) is 7.23. The zero-order valence-corrected chi connectivity index (χ0v) is 25.3. The van der Waals surface area contributed by atoms with Gasteiger partial charge in [0.1, 0.15) is 11.5 Å². The van der Waals surface area contributed by atoms with Crippen LogP contribution in [0.5, 0.6) is 0 Å². The van der Waals surface area contributed by atoms with Crippen molar-refractivity contribution in [3.8, 4) is 0 Å². The zero-order valence-electron chi connectivity index (χ0n) is 25.3. The highest BCUT2D eigenvalue weighted by Gasteiger charge is 2.33. The number of aliphatic imine (C=N–C) groups is 1. The van der Waals surface area contributed by atoms with E-state index in [1.807, 2.05) is 66.7 Å². The molecule has 1 heterocycles. The fraction of sp³-hybridized carbons (Fsp3) is 0.394. The Hall–Kier alpha value is -3.87. The number of carbonyl (C=O) groups excluding carboxylic acids is 2. The molecule has 1 aromatic heterocycles. The van der Waals surface area contributed by atoms with Gasteiger partial charge in [-0.05, 0) is 93.5 Å². The van der Waals surface area contributed by atoms with Crippen LogP contribution in [0.3, 0.4) is 0 Å². The van der Waals surface area contributed by atoms with Crippen LogP contribution in [0, 0.1) is 18.7 Å². The van der Waals surface area contributed by atoms with Crippen LogP contribution in [0.15, 0.2) is 64.9 Å². The molecule has 1 amide bonds. The molecule has 0 spiro atoms. The number of carbonyl (C=O) groups is 2. The number of benzene rings is 1. The number of anilines is 1. The van der Waals surface area contributed by atoms with E-state index in [0.29, 0.717) is 11.4 Å². The van der Waals surface area contributed by atoms with Gasteiger partial charge in [0.25, 0.3) is 5.91 Å². The van der Waals surface area contributed by atoms with Crippen LogP contribution in [0.2, 0.25) is 0 Å². The number of nitrogens with one attached hydrogen (secondary N) is 2. The average Bonchev–Trinajstić information content (AvgIpc) is 2.94. The SMILES string of the molecule is C=C(/C=C(N=CCC)\C(C)=C(/C)Nc1nc(C(=O)NC)ccc1F)c1ccc(C(C)(C)C(=O)C(C)CC)c(C)c1. The smallest absolute Gasteiger partial charge is 0.269 e. The van der Waals surface area contributed by atoms with E-state index in [4.69, 9.17) is 0 Å². The van der Waals surface area contributed by atoms with Crippen LogP contribution in [0.25, 0.3) is 5.57 Å². The Labute approximate surface area is 238 Å². The van der Waals surface area contributed by atoms with Crippen molar-refractivity contribution in [2.24, 2.45) is 10.9 Å². The van der Waals surface area contributed by atoms with Crippen molar-refractivity contribution in [1.82, 2.24) is 10.3 Å². The number of hydrogen-bond donors (Lipinski definition) is 2. The lowest BCUT2D eigenvalue weighted by atomic mass is 9.73. The lowest BCUT2D eigenvalue weighted by Gasteiger charge is -2.28. The number of rotatable bonds is 12. The van der Waals surface area contributed by atoms with Crippen molar-refractivity contribution < 1.29 is 14.0 Å². The number of Topliss-reactive ketones (excluding diaryl/α,β-unsaturated/α-hetero) is 1. The minimum atomic E-state index is -0.591. The summed E-state index contributed by atoms with van der Waals surface area (Å²) in [6.45, 7) is 20.0. The average molecular weight is 547 g/mol. The second-order valence-electron chi connectivity index (χ2n) is 10.6. The molecule has 1 unspecified atom stereocenters. The first kappa shape index (κ1) is 32.3. The fourth-order valence-electron chi connectivity index (χ4n) is 4.43. The summed E-state index contributed by atoms with van der Waals surface area (Å²) in [6, 6.07) is 8.60. The molecule has 40 heavy (non-hydrogen) atoms. The van der Waals surface area contributed by atoms with Gasteiger partial charge >= 0.3 is 0 Å². The maximum absolute atomic E-state index is 14.5. The molecule has 7 heteroatoms. The summed E-state index contributed by atoms with van der Waals surface area (Å²) in [4.78, 5) is 33.8. The van der Waals surface area contributed by atoms with Crippen LogP contribution in [-0.4, -0.2) is 29.9 Å². The summed E-state index contributed by atoms with van der Waals surface area (Å²) < 4.78 is 14.5. The lowest BCUT2D eigenvalue weighted by Crippen LogP contribution is -2.34. The largest absolute Gasteiger partial charge is 0.354 e. The molecule has 0 saturated carbocycles. The van der Waals surface area contributed by atoms with Crippen molar-refractivity contribution in [2.45, 2.75) is 73.6 Å². The molecule has 2 aromatic rings. The van der Waals surface area contributed by atoms with E-state index < -0.39 is 17.1 Å². The van der Waals surface area contributed by atoms with Gasteiger partial charge in [-0.3, -0.25) is 14.6 Å². The number of aryl methyl sites for hydroxylation is 1. The number of allylic oxidation sites excluding steroid dienone is 4. The zero-order chi connectivity index (χ0) is 30.2. The predicted molar refractivity (Wildman–Crippen MR) is 164 cm³/mol. The van der Waals surface area contributed by atoms with Crippen LogP contribution in [0.4, 0.5) is 10.2 Å². The van der Waals surface area contributed by atoms with Crippen molar-refractivity contribution in [1.29, 1.82) is 0 Å². The van der Waals surface area contributed by atoms with Crippen molar-refractivity contribution in [3.05, 3.63) is 88.2 Å². The Kier molecular flexibility index (Phi) is 11.3. The van der Waals surface area contributed by atoms with Crippen molar-refractivity contribution >= 4 is 29.3 Å². The second-order valence-corrected chi connectivity index (χ2v) is 10.6. The Morgan fingerprint density at radius 3 is 2.42 bits per heavy atom. The molecule has 0 aliphatic rings. The van der Waals surface area contributed by atoms with Gasteiger partial charge in [-0.25, -0.2) is 9.37 Å². The first-order valence-corrected chi connectivity index (χ1v) is 13.7. The molecule has 0 bridgehead atoms. The molecular formula is C33H43FN4O2. The van der Waals surface area contributed by atoms with E-state index >= 15 is 0 Å². The van der Waals surface area contributed by atoms with Crippen LogP contribution in [-0.2, 0) is 10.2 Å². The van der Waals surface area contributed by atoms with E-state index in [2.05, 4.69) is 33.3 Å². The molecule has 214 valence electrons. The molecule has 1 atom stereocenters. The number of pyridine rings is 1. The number of ketones is 1. The maximum atomic E-state index is 14.5. The summed E-state index contributed by atoms with van der Waals surface area (Å²) in [5.74, 6) is -0.794. The van der Waals surface area contributed by atoms with Crippen LogP contribution in [0.1, 0.15) is 88.5 Å². The quantitative estimate of drug-likeness (QED) is 0.212. The standard InChI is InChI=1S/C33H43FN4O2/c1-11-17-36-29(23(6)24(7)37-31-27(34)15-16-28(38-31)32(40)35-10)19-21(4)25-13-14-26(22(5)18-25)33(8,9)30(39)20(3)12-2/h13-20H,4,11-12H2,1-3,5-10H3,(H,35,40)(H,37,38)/b24-23+,29-19+,36-17?. The molecule has 0 saturated heterocycles. The van der Waals surface area contributed by atoms with Gasteiger partial charge in [0.15, 0.2) is 11.6 Å². The highest BCUT2D eigenvalue weighted by atomic mass is 19.1. The summed E-state index contributed by atoms with van der Waals surface area (Å²) in [5, 5.41) is 5.49. The number of amides is 1. The highest BCUT2D eigenvalue weighted by Crippen LogP contribution is 2.33. The number of aromatic nitrogens is 1. The fourth-order valence-corrected chi connectivity index (χ4v) is 4.43. The van der Waals surface area contributed by atoms with Gasteiger partial charge in [0.2, 0.25) is 0 Å². The summed E-state index contributed by atoms with van der Waals surface area (Å²) in [5.41, 5.74) is 5.28. The third kappa shape index (κ3) is 7.62. The van der Waals surface area contributed by atoms with E-state index in [1.165, 1.54) is 19.2 Å². The summed E-state index contributed by atoms with van der Waals surface area (Å²) in [6.07, 6.45) is 5.24. The highest BCUT2D eigenvalue weighted by molar-refractivity contribution is 5.92. The first-order valence-electron chi connectivity index (χ1n) is 13.7. The summed E-state index contributed by atoms with van der Waals surface area (Å²) in [7, 11) is 1.49. The van der Waals surface area contributed by atoms with Crippen molar-refractivity contribution in [2.75, 3.05) is 12.4 Å². The Morgan fingerprint density at radius 2 is 1.85 bits per heavy atom. The molecule has 6 nitrogen and oxygen atoms in total. The topological polar surface area (TPSA) is 83.4 Å². The Balaban J connectivity index is 2.45. The first-order chi connectivity index (χ1) is 18.8. The van der Waals surface area contributed by atoms with Crippen LogP contribution < -0.4 is 10.6 Å². The third-order valence-corrected chi connectivity index (χ3v) is 7.23. The van der Waals surface area contributed by atoms with E-state index in [0.717, 1.165) is 40.7 Å². The van der Waals surface area contributed by atoms with Gasteiger partial charge in [-0.2, -0.15) is 0 Å². The molecular weight excluding hydrogens is 503 g/mol. The van der Waals surface area contributed by atoms with E-state index in [-0.39, 0.29) is 23.2 Å². The van der Waals surface area contributed by atoms with Gasteiger partial charge in [-0.1, -0.05) is 45.5 Å². The Morgan fingerprint density at radius 1 is 1.18 bits per heavy atom. The van der Waals surface area contributed by atoms with Gasteiger partial charge in [-0.15, -0.1) is 0 Å². The predicted octanol–water partition coefficient (Wildman–Crippen LogP) is 7.57. The Bertz CT molecular complexity index is 1370. The van der Waals surface area contributed by atoms with Crippen molar-refractivity contribution in [3.63, 3.8) is 0 Å². The normalized spacial score (nSPS) is 13.6. The minimum absolute atomic E-state index is 0.00692. The summed E-state index contributed by atoms with van der Waals surface area (Å²) >= 11 is 0. The van der Waals surface area contributed by atoms with E-state index in [1.54, 1.807) is 13.1 Å². The van der Waals surface area contributed by atoms with Gasteiger partial charge in [0.05, 0.1) is 5.70 Å². The monoisotopic (exact) mass is 546 g/mol. The molecule has 0 fully saturated rings. The lowest BCUT2D eigenvalue weighted by molar-refractivity contribution is -0.127.